The van der Waals surface area contributed by atoms with Gasteiger partial charge in [0.2, 0.25) is 0 Å². The third-order valence-corrected chi connectivity index (χ3v) is 5.40. The van der Waals surface area contributed by atoms with Crippen molar-refractivity contribution in [3.05, 3.63) is 0 Å². The first-order valence-electron chi connectivity index (χ1n) is 8.11. The monoisotopic (exact) mass is 306 g/mol. The number of rotatable bonds is 4. The molecule has 3 aliphatic rings. The van der Waals surface area contributed by atoms with Crippen LogP contribution in [0.5, 0.6) is 0 Å². The van der Waals surface area contributed by atoms with Crippen LogP contribution in [0.15, 0.2) is 0 Å². The van der Waals surface area contributed by atoms with Crippen molar-refractivity contribution in [3.8, 4) is 0 Å². The Morgan fingerprint density at radius 3 is 2.57 bits per heavy atom. The molecule has 3 rings (SSSR count). The van der Waals surface area contributed by atoms with Gasteiger partial charge in [-0.1, -0.05) is 0 Å². The van der Waals surface area contributed by atoms with E-state index in [1.54, 1.807) is 0 Å². The standard InChI is InChI=1S/C15H25F3N2O/c16-15(17,18)11-2-1-7-20(9-11)13-5-6-14(8-13,10-21)19-12-3-4-12/h11-13,19,21H,1-10H2. The number of nitrogens with zero attached hydrogens (tertiary/aromatic N) is 1. The summed E-state index contributed by atoms with van der Waals surface area (Å²) in [5, 5.41) is 13.3. The van der Waals surface area contributed by atoms with Crippen LogP contribution in [0.1, 0.15) is 44.9 Å². The lowest BCUT2D eigenvalue weighted by Crippen LogP contribution is -2.50. The van der Waals surface area contributed by atoms with Gasteiger partial charge in [0.05, 0.1) is 12.5 Å². The van der Waals surface area contributed by atoms with E-state index >= 15 is 0 Å². The van der Waals surface area contributed by atoms with Gasteiger partial charge in [-0.05, 0) is 51.5 Å². The molecule has 0 aromatic heterocycles. The molecular formula is C15H25F3N2O. The quantitative estimate of drug-likeness (QED) is 0.836. The van der Waals surface area contributed by atoms with Crippen LogP contribution in [0.4, 0.5) is 13.2 Å². The molecule has 3 fully saturated rings. The minimum absolute atomic E-state index is 0.0938. The Kier molecular flexibility index (Phi) is 4.23. The molecule has 0 spiro atoms. The molecule has 0 amide bonds. The first kappa shape index (κ1) is 15.6. The molecule has 2 N–H and O–H groups in total. The van der Waals surface area contributed by atoms with Gasteiger partial charge in [0.25, 0.3) is 0 Å². The van der Waals surface area contributed by atoms with E-state index in [2.05, 4.69) is 5.32 Å². The minimum Gasteiger partial charge on any atom is -0.394 e. The number of piperidine rings is 1. The maximum absolute atomic E-state index is 12.9. The molecule has 0 bridgehead atoms. The van der Waals surface area contributed by atoms with Crippen LogP contribution in [0.2, 0.25) is 0 Å². The molecule has 0 radical (unpaired) electrons. The predicted molar refractivity (Wildman–Crippen MR) is 74.0 cm³/mol. The number of nitrogens with one attached hydrogen (secondary N) is 1. The van der Waals surface area contributed by atoms with E-state index in [4.69, 9.17) is 0 Å². The average Bonchev–Trinajstić information content (AvgIpc) is 3.15. The van der Waals surface area contributed by atoms with E-state index in [0.717, 1.165) is 38.6 Å². The number of halogens is 3. The topological polar surface area (TPSA) is 35.5 Å². The van der Waals surface area contributed by atoms with E-state index in [0.29, 0.717) is 12.5 Å². The fraction of sp³-hybridized carbons (Fsp3) is 1.00. The summed E-state index contributed by atoms with van der Waals surface area (Å²) in [6, 6.07) is 0.703. The van der Waals surface area contributed by atoms with Crippen molar-refractivity contribution in [2.45, 2.75) is 68.7 Å². The second-order valence-corrected chi connectivity index (χ2v) is 7.13. The van der Waals surface area contributed by atoms with Gasteiger partial charge in [0.1, 0.15) is 0 Å². The number of aliphatic hydroxyl groups is 1. The zero-order valence-corrected chi connectivity index (χ0v) is 12.3. The van der Waals surface area contributed by atoms with Crippen LogP contribution in [-0.4, -0.2) is 53.5 Å². The molecular weight excluding hydrogens is 281 g/mol. The Morgan fingerprint density at radius 2 is 1.95 bits per heavy atom. The van der Waals surface area contributed by atoms with Crippen molar-refractivity contribution in [2.75, 3.05) is 19.7 Å². The lowest BCUT2D eigenvalue weighted by molar-refractivity contribution is -0.188. The van der Waals surface area contributed by atoms with Gasteiger partial charge in [-0.25, -0.2) is 0 Å². The highest BCUT2D eigenvalue weighted by Crippen LogP contribution is 2.39. The van der Waals surface area contributed by atoms with Crippen molar-refractivity contribution in [3.63, 3.8) is 0 Å². The van der Waals surface area contributed by atoms with E-state index in [-0.39, 0.29) is 31.2 Å². The van der Waals surface area contributed by atoms with E-state index < -0.39 is 12.1 Å². The summed E-state index contributed by atoms with van der Waals surface area (Å²) in [6.07, 6.45) is 1.69. The lowest BCUT2D eigenvalue weighted by atomic mass is 9.94. The molecule has 2 saturated carbocycles. The SMILES string of the molecule is OCC1(NC2CC2)CCC(N2CCCC(C(F)(F)F)C2)C1. The molecule has 0 aromatic carbocycles. The Bertz CT molecular complexity index is 372. The minimum atomic E-state index is -4.07. The van der Waals surface area contributed by atoms with Gasteiger partial charge in [-0.2, -0.15) is 13.2 Å². The summed E-state index contributed by atoms with van der Waals surface area (Å²) >= 11 is 0. The van der Waals surface area contributed by atoms with Crippen LogP contribution < -0.4 is 5.32 Å². The number of hydrogen-bond donors (Lipinski definition) is 2. The second-order valence-electron chi connectivity index (χ2n) is 7.13. The molecule has 2 aliphatic carbocycles. The number of hydrogen-bond acceptors (Lipinski definition) is 3. The molecule has 1 saturated heterocycles. The van der Waals surface area contributed by atoms with E-state index in [1.165, 1.54) is 0 Å². The fourth-order valence-electron chi connectivity index (χ4n) is 4.00. The maximum atomic E-state index is 12.9. The molecule has 3 unspecified atom stereocenters. The summed E-state index contributed by atoms with van der Waals surface area (Å²) in [4.78, 5) is 2.02. The van der Waals surface area contributed by atoms with Crippen molar-refractivity contribution in [1.82, 2.24) is 10.2 Å². The van der Waals surface area contributed by atoms with Crippen LogP contribution in [0.25, 0.3) is 0 Å². The van der Waals surface area contributed by atoms with Gasteiger partial charge >= 0.3 is 6.18 Å². The highest BCUT2D eigenvalue weighted by molar-refractivity contribution is 5.03. The molecule has 1 aliphatic heterocycles. The Morgan fingerprint density at radius 1 is 1.19 bits per heavy atom. The van der Waals surface area contributed by atoms with Crippen molar-refractivity contribution in [1.29, 1.82) is 0 Å². The van der Waals surface area contributed by atoms with E-state index in [9.17, 15) is 18.3 Å². The summed E-state index contributed by atoms with van der Waals surface area (Å²) in [7, 11) is 0. The third-order valence-electron chi connectivity index (χ3n) is 5.40. The zero-order chi connectivity index (χ0) is 15.1. The molecule has 1 heterocycles. The van der Waals surface area contributed by atoms with Gasteiger partial charge in [0.15, 0.2) is 0 Å². The summed E-state index contributed by atoms with van der Waals surface area (Å²) in [5.41, 5.74) is -0.253. The summed E-state index contributed by atoms with van der Waals surface area (Å²) < 4.78 is 38.8. The predicted octanol–water partition coefficient (Wildman–Crippen LogP) is 2.30. The smallest absolute Gasteiger partial charge is 0.393 e. The Labute approximate surface area is 123 Å². The zero-order valence-electron chi connectivity index (χ0n) is 12.3. The third kappa shape index (κ3) is 3.54. The summed E-state index contributed by atoms with van der Waals surface area (Å²) in [5.74, 6) is -1.17. The largest absolute Gasteiger partial charge is 0.394 e. The van der Waals surface area contributed by atoms with Crippen LogP contribution in [0, 0.1) is 5.92 Å². The first-order chi connectivity index (χ1) is 9.92. The summed E-state index contributed by atoms with van der Waals surface area (Å²) in [6.45, 7) is 0.998. The average molecular weight is 306 g/mol. The Balaban J connectivity index is 1.59. The number of aliphatic hydroxyl groups excluding tert-OH is 1. The van der Waals surface area contributed by atoms with Gasteiger partial charge < -0.3 is 10.4 Å². The van der Waals surface area contributed by atoms with E-state index in [1.807, 2.05) is 4.90 Å². The van der Waals surface area contributed by atoms with Gasteiger partial charge in [-0.3, -0.25) is 4.90 Å². The van der Waals surface area contributed by atoms with Crippen LogP contribution in [-0.2, 0) is 0 Å². The molecule has 21 heavy (non-hydrogen) atoms. The molecule has 3 nitrogen and oxygen atoms in total. The van der Waals surface area contributed by atoms with Gasteiger partial charge in [-0.15, -0.1) is 0 Å². The second kappa shape index (κ2) is 5.70. The number of likely N-dealkylation sites (tertiary alicyclic amines) is 1. The lowest BCUT2D eigenvalue weighted by Gasteiger charge is -2.38. The molecule has 6 heteroatoms. The normalized spacial score (nSPS) is 38.9. The molecule has 122 valence electrons. The fourth-order valence-corrected chi connectivity index (χ4v) is 4.00. The highest BCUT2D eigenvalue weighted by atomic mass is 19.4. The number of alkyl halides is 3. The van der Waals surface area contributed by atoms with Crippen LogP contribution in [0.3, 0.4) is 0 Å². The van der Waals surface area contributed by atoms with Gasteiger partial charge in [0, 0.05) is 24.2 Å². The first-order valence-corrected chi connectivity index (χ1v) is 8.11. The van der Waals surface area contributed by atoms with Crippen molar-refractivity contribution in [2.24, 2.45) is 5.92 Å². The van der Waals surface area contributed by atoms with Crippen molar-refractivity contribution >= 4 is 0 Å². The molecule has 3 atom stereocenters. The van der Waals surface area contributed by atoms with Crippen LogP contribution >= 0.6 is 0 Å². The highest BCUT2D eigenvalue weighted by Gasteiger charge is 2.47. The van der Waals surface area contributed by atoms with Crippen molar-refractivity contribution < 1.29 is 18.3 Å². The molecule has 0 aromatic rings. The Hall–Kier alpha value is -0.330. The maximum Gasteiger partial charge on any atom is 0.393 e.